The van der Waals surface area contributed by atoms with Gasteiger partial charge in [-0.2, -0.15) is 12.7 Å². The Morgan fingerprint density at radius 3 is 2.76 bits per heavy atom. The third kappa shape index (κ3) is 3.36. The van der Waals surface area contributed by atoms with Crippen molar-refractivity contribution in [1.82, 2.24) is 4.31 Å². The number of rotatable bonds is 4. The molecule has 0 saturated carbocycles. The molecule has 2 rings (SSSR count). The largest absolute Gasteiger partial charge is 0.481 e. The highest BCUT2D eigenvalue weighted by atomic mass is 32.2. The van der Waals surface area contributed by atoms with Crippen LogP contribution in [0.2, 0.25) is 0 Å². The van der Waals surface area contributed by atoms with Gasteiger partial charge in [0.1, 0.15) is 0 Å². The molecule has 1 saturated heterocycles. The van der Waals surface area contributed by atoms with Crippen molar-refractivity contribution in [2.75, 3.05) is 24.4 Å². The second-order valence-corrected chi connectivity index (χ2v) is 7.31. The fourth-order valence-corrected chi connectivity index (χ4v) is 3.94. The van der Waals surface area contributed by atoms with Crippen LogP contribution in [0.4, 0.5) is 5.69 Å². The fourth-order valence-electron chi connectivity index (χ4n) is 2.48. The number of hydrogen-bond acceptors (Lipinski definition) is 3. The lowest BCUT2D eigenvalue weighted by molar-refractivity contribution is -0.142. The van der Waals surface area contributed by atoms with Crippen LogP contribution in [-0.4, -0.2) is 43.9 Å². The summed E-state index contributed by atoms with van der Waals surface area (Å²) in [4.78, 5) is 11.1. The van der Waals surface area contributed by atoms with Gasteiger partial charge in [0.05, 0.1) is 11.6 Å². The summed E-state index contributed by atoms with van der Waals surface area (Å²) < 4.78 is 27.7. The van der Waals surface area contributed by atoms with Crippen molar-refractivity contribution >= 4 is 21.9 Å². The summed E-state index contributed by atoms with van der Waals surface area (Å²) in [5.74, 6) is -1.56. The van der Waals surface area contributed by atoms with Gasteiger partial charge < -0.3 is 5.11 Å². The molecule has 6 nitrogen and oxygen atoms in total. The fraction of sp³-hybridized carbons (Fsp3) is 0.500. The van der Waals surface area contributed by atoms with Gasteiger partial charge in [-0.1, -0.05) is 12.1 Å². The Morgan fingerprint density at radius 2 is 2.14 bits per heavy atom. The molecule has 1 aromatic rings. The molecule has 0 spiro atoms. The van der Waals surface area contributed by atoms with E-state index < -0.39 is 22.1 Å². The number of carboxylic acid groups (broad SMARTS) is 1. The number of benzene rings is 1. The lowest BCUT2D eigenvalue weighted by Gasteiger charge is -2.33. The number of aryl methyl sites for hydroxylation is 1. The van der Waals surface area contributed by atoms with Crippen molar-refractivity contribution in [3.63, 3.8) is 0 Å². The van der Waals surface area contributed by atoms with Gasteiger partial charge in [0, 0.05) is 20.1 Å². The van der Waals surface area contributed by atoms with Gasteiger partial charge in [0.15, 0.2) is 0 Å². The van der Waals surface area contributed by atoms with Crippen LogP contribution in [0.1, 0.15) is 18.4 Å². The van der Waals surface area contributed by atoms with Crippen LogP contribution < -0.4 is 4.31 Å². The van der Waals surface area contributed by atoms with Crippen LogP contribution in [0.5, 0.6) is 0 Å². The van der Waals surface area contributed by atoms with Crippen LogP contribution in [0.25, 0.3) is 0 Å². The molecular weight excluding hydrogens is 292 g/mol. The minimum Gasteiger partial charge on any atom is -0.481 e. The predicted molar refractivity (Wildman–Crippen MR) is 80.4 cm³/mol. The second-order valence-electron chi connectivity index (χ2n) is 5.35. The zero-order chi connectivity index (χ0) is 15.6. The smallest absolute Gasteiger partial charge is 0.307 e. The Balaban J connectivity index is 2.23. The van der Waals surface area contributed by atoms with E-state index in [-0.39, 0.29) is 6.54 Å². The van der Waals surface area contributed by atoms with Crippen LogP contribution in [0.15, 0.2) is 24.3 Å². The van der Waals surface area contributed by atoms with Crippen molar-refractivity contribution in [3.05, 3.63) is 29.8 Å². The molecule has 1 aromatic carbocycles. The standard InChI is InChI=1S/C14H20N2O4S/c1-11-5-3-7-13(9-11)15(2)21(19,20)16-8-4-6-12(10-16)14(17)18/h3,5,7,9,12H,4,6,8,10H2,1-2H3,(H,17,18). The Kier molecular flexibility index (Phi) is 4.53. The van der Waals surface area contributed by atoms with Gasteiger partial charge in [0.2, 0.25) is 0 Å². The summed E-state index contributed by atoms with van der Waals surface area (Å²) in [5, 5.41) is 9.08. The highest BCUT2D eigenvalue weighted by Crippen LogP contribution is 2.24. The third-order valence-electron chi connectivity index (χ3n) is 3.77. The number of carboxylic acids is 1. The molecule has 0 amide bonds. The number of aliphatic carboxylic acids is 1. The number of nitrogens with zero attached hydrogens (tertiary/aromatic N) is 2. The van der Waals surface area contributed by atoms with Crippen LogP contribution in [0.3, 0.4) is 0 Å². The molecule has 0 aliphatic carbocycles. The normalized spacial score (nSPS) is 20.2. The molecule has 0 radical (unpaired) electrons. The van der Waals surface area contributed by atoms with Gasteiger partial charge in [-0.05, 0) is 37.5 Å². The lowest BCUT2D eigenvalue weighted by Crippen LogP contribution is -2.48. The van der Waals surface area contributed by atoms with E-state index in [4.69, 9.17) is 5.11 Å². The van der Waals surface area contributed by atoms with Gasteiger partial charge in [-0.3, -0.25) is 9.10 Å². The number of piperidine rings is 1. The Labute approximate surface area is 125 Å². The molecule has 116 valence electrons. The first-order valence-corrected chi connectivity index (χ1v) is 8.25. The van der Waals surface area contributed by atoms with E-state index in [1.165, 1.54) is 15.7 Å². The van der Waals surface area contributed by atoms with Gasteiger partial charge in [-0.25, -0.2) is 0 Å². The first-order chi connectivity index (χ1) is 9.82. The van der Waals surface area contributed by atoms with E-state index in [1.54, 1.807) is 18.2 Å². The van der Waals surface area contributed by atoms with Crippen LogP contribution >= 0.6 is 0 Å². The summed E-state index contributed by atoms with van der Waals surface area (Å²) in [7, 11) is -2.20. The van der Waals surface area contributed by atoms with Crippen LogP contribution in [-0.2, 0) is 15.0 Å². The number of carbonyl (C=O) groups is 1. The summed E-state index contributed by atoms with van der Waals surface area (Å²) in [6.45, 7) is 2.29. The van der Waals surface area contributed by atoms with Gasteiger partial charge in [0.25, 0.3) is 0 Å². The minimum atomic E-state index is -3.69. The Morgan fingerprint density at radius 1 is 1.43 bits per heavy atom. The molecule has 1 unspecified atom stereocenters. The molecule has 0 bridgehead atoms. The minimum absolute atomic E-state index is 0.0355. The van der Waals surface area contributed by atoms with E-state index in [9.17, 15) is 13.2 Å². The second kappa shape index (κ2) is 6.03. The summed E-state index contributed by atoms with van der Waals surface area (Å²) in [6, 6.07) is 7.21. The van der Waals surface area contributed by atoms with E-state index in [0.29, 0.717) is 25.1 Å². The third-order valence-corrected chi connectivity index (χ3v) is 5.66. The maximum absolute atomic E-state index is 12.6. The Hall–Kier alpha value is -1.60. The summed E-state index contributed by atoms with van der Waals surface area (Å²) in [6.07, 6.45) is 1.09. The monoisotopic (exact) mass is 312 g/mol. The van der Waals surface area contributed by atoms with Crippen molar-refractivity contribution in [2.24, 2.45) is 5.92 Å². The molecule has 21 heavy (non-hydrogen) atoms. The van der Waals surface area contributed by atoms with E-state index >= 15 is 0 Å². The molecule has 1 N–H and O–H groups in total. The lowest BCUT2D eigenvalue weighted by atomic mass is 10.0. The van der Waals surface area contributed by atoms with E-state index in [2.05, 4.69) is 0 Å². The first-order valence-electron chi connectivity index (χ1n) is 6.86. The number of anilines is 1. The molecule has 0 aromatic heterocycles. The molecule has 1 heterocycles. The predicted octanol–water partition coefficient (Wildman–Crippen LogP) is 1.47. The first kappa shape index (κ1) is 15.8. The molecule has 1 aliphatic rings. The molecule has 1 atom stereocenters. The average molecular weight is 312 g/mol. The molecule has 1 fully saturated rings. The average Bonchev–Trinajstić information content (AvgIpc) is 2.46. The van der Waals surface area contributed by atoms with Crippen LogP contribution in [0, 0.1) is 12.8 Å². The van der Waals surface area contributed by atoms with Gasteiger partial charge >= 0.3 is 16.2 Å². The van der Waals surface area contributed by atoms with Crippen molar-refractivity contribution in [3.8, 4) is 0 Å². The topological polar surface area (TPSA) is 77.9 Å². The number of hydrogen-bond donors (Lipinski definition) is 1. The molecule has 7 heteroatoms. The zero-order valence-electron chi connectivity index (χ0n) is 12.2. The van der Waals surface area contributed by atoms with E-state index in [1.807, 2.05) is 13.0 Å². The summed E-state index contributed by atoms with van der Waals surface area (Å²) in [5.41, 5.74) is 1.55. The Bertz CT molecular complexity index is 630. The van der Waals surface area contributed by atoms with Gasteiger partial charge in [-0.15, -0.1) is 0 Å². The van der Waals surface area contributed by atoms with Crippen molar-refractivity contribution in [2.45, 2.75) is 19.8 Å². The highest BCUT2D eigenvalue weighted by Gasteiger charge is 2.34. The van der Waals surface area contributed by atoms with Crippen molar-refractivity contribution in [1.29, 1.82) is 0 Å². The maximum Gasteiger partial charge on any atom is 0.307 e. The highest BCUT2D eigenvalue weighted by molar-refractivity contribution is 7.90. The SMILES string of the molecule is Cc1cccc(N(C)S(=O)(=O)N2CCCC(C(=O)O)C2)c1. The zero-order valence-corrected chi connectivity index (χ0v) is 13.0. The maximum atomic E-state index is 12.6. The van der Waals surface area contributed by atoms with Crippen molar-refractivity contribution < 1.29 is 18.3 Å². The van der Waals surface area contributed by atoms with E-state index in [0.717, 1.165) is 5.56 Å². The molecular formula is C14H20N2O4S. The molecule has 1 aliphatic heterocycles. The summed E-state index contributed by atoms with van der Waals surface area (Å²) >= 11 is 0. The quantitative estimate of drug-likeness (QED) is 0.913.